The molecule has 0 radical (unpaired) electrons. The number of carbonyl (C=O) groups excluding carboxylic acids is 1. The van der Waals surface area contributed by atoms with Crippen LogP contribution in [0.2, 0.25) is 0 Å². The highest BCUT2D eigenvalue weighted by Crippen LogP contribution is 2.26. The van der Waals surface area contributed by atoms with Gasteiger partial charge in [0.1, 0.15) is 0 Å². The molecule has 5 nitrogen and oxygen atoms in total. The fraction of sp³-hybridized carbons (Fsp3) is 0.800. The van der Waals surface area contributed by atoms with Gasteiger partial charge in [-0.25, -0.2) is 4.79 Å². The predicted molar refractivity (Wildman–Crippen MR) is 28.8 cm³/mol. The van der Waals surface area contributed by atoms with E-state index in [1.807, 2.05) is 0 Å². The minimum Gasteiger partial charge on any atom is -0.382 e. The molecule has 0 aromatic rings. The Bertz CT molecular complexity index is 146. The van der Waals surface area contributed by atoms with Crippen LogP contribution in [0.25, 0.3) is 0 Å². The van der Waals surface area contributed by atoms with E-state index >= 15 is 0 Å². The first kappa shape index (κ1) is 7.30. The number of rotatable bonds is 2. The molecule has 1 atom stereocenters. The lowest BCUT2D eigenvalue weighted by Crippen LogP contribution is -2.58. The zero-order chi connectivity index (χ0) is 7.78. The lowest BCUT2D eigenvalue weighted by molar-refractivity contribution is -0.418. The Hall–Kier alpha value is -0.810. The van der Waals surface area contributed by atoms with E-state index < -0.39 is 18.2 Å². The van der Waals surface area contributed by atoms with E-state index in [1.165, 1.54) is 0 Å². The summed E-state index contributed by atoms with van der Waals surface area (Å²) in [4.78, 5) is 10.0. The van der Waals surface area contributed by atoms with Crippen molar-refractivity contribution in [1.29, 1.82) is 0 Å². The first-order valence-corrected chi connectivity index (χ1v) is 2.91. The van der Waals surface area contributed by atoms with Gasteiger partial charge < -0.3 is 19.7 Å². The van der Waals surface area contributed by atoms with Crippen LogP contribution < -0.4 is 0 Å². The van der Waals surface area contributed by atoms with E-state index in [0.29, 0.717) is 0 Å². The van der Waals surface area contributed by atoms with Gasteiger partial charge in [0.15, 0.2) is 6.10 Å². The Balaban J connectivity index is 2.47. The standard InChI is InChI=1S/C5H8O5/c1-2-3(6)5(8)9-4(7)10-5/h3,6,8H,2H2,1H3. The average molecular weight is 148 g/mol. The number of aliphatic hydroxyl groups excluding tert-OH is 1. The number of ether oxygens (including phenoxy) is 2. The van der Waals surface area contributed by atoms with Crippen LogP contribution in [0.3, 0.4) is 0 Å². The van der Waals surface area contributed by atoms with Gasteiger partial charge in [-0.3, -0.25) is 0 Å². The highest BCUT2D eigenvalue weighted by atomic mass is 17.0. The fourth-order valence-corrected chi connectivity index (χ4v) is 0.640. The smallest absolute Gasteiger partial charge is 0.382 e. The van der Waals surface area contributed by atoms with Gasteiger partial charge in [0.2, 0.25) is 0 Å². The van der Waals surface area contributed by atoms with Crippen LogP contribution in [0.1, 0.15) is 13.3 Å². The van der Waals surface area contributed by atoms with Crippen molar-refractivity contribution in [2.75, 3.05) is 0 Å². The Morgan fingerprint density at radius 2 is 2.20 bits per heavy atom. The van der Waals surface area contributed by atoms with Crippen molar-refractivity contribution in [3.63, 3.8) is 0 Å². The Labute approximate surface area is 57.2 Å². The molecule has 0 spiro atoms. The van der Waals surface area contributed by atoms with Crippen LogP contribution in [0.5, 0.6) is 0 Å². The fourth-order valence-electron chi connectivity index (χ4n) is 0.640. The molecule has 1 unspecified atom stereocenters. The maximum atomic E-state index is 10.0. The highest BCUT2D eigenvalue weighted by molar-refractivity contribution is 5.65. The second-order valence-corrected chi connectivity index (χ2v) is 2.01. The molecule has 5 heteroatoms. The SMILES string of the molecule is CCC(O)C1(O)OC(=O)O1. The first-order valence-electron chi connectivity index (χ1n) is 2.91. The zero-order valence-corrected chi connectivity index (χ0v) is 5.40. The largest absolute Gasteiger partial charge is 0.518 e. The summed E-state index contributed by atoms with van der Waals surface area (Å²) in [6.07, 6.45) is -1.88. The second kappa shape index (κ2) is 2.10. The molecular formula is C5H8O5. The molecule has 1 fully saturated rings. The van der Waals surface area contributed by atoms with Crippen molar-refractivity contribution < 1.29 is 24.5 Å². The van der Waals surface area contributed by atoms with Gasteiger partial charge in [0.05, 0.1) is 0 Å². The monoisotopic (exact) mass is 148 g/mol. The number of cyclic esters (lactones) is 2. The summed E-state index contributed by atoms with van der Waals surface area (Å²) in [5, 5.41) is 17.8. The molecule has 0 aromatic heterocycles. The Morgan fingerprint density at radius 1 is 1.70 bits per heavy atom. The summed E-state index contributed by atoms with van der Waals surface area (Å²) in [7, 11) is 0. The summed E-state index contributed by atoms with van der Waals surface area (Å²) in [5.74, 6) is -2.09. The van der Waals surface area contributed by atoms with E-state index in [0.717, 1.165) is 0 Å². The number of hydrogen-bond donors (Lipinski definition) is 2. The van der Waals surface area contributed by atoms with Gasteiger partial charge in [-0.15, -0.1) is 0 Å². The van der Waals surface area contributed by atoms with E-state index in [-0.39, 0.29) is 6.42 Å². The third kappa shape index (κ3) is 0.932. The molecule has 1 aliphatic heterocycles. The van der Waals surface area contributed by atoms with E-state index in [9.17, 15) is 4.79 Å². The quantitative estimate of drug-likeness (QED) is 0.519. The molecule has 0 bridgehead atoms. The third-order valence-corrected chi connectivity index (χ3v) is 1.27. The normalized spacial score (nSPS) is 24.1. The van der Waals surface area contributed by atoms with Gasteiger partial charge in [-0.1, -0.05) is 6.92 Å². The van der Waals surface area contributed by atoms with E-state index in [2.05, 4.69) is 9.47 Å². The summed E-state index contributed by atoms with van der Waals surface area (Å²) in [6, 6.07) is 0. The average Bonchev–Trinajstić information content (AvgIpc) is 1.83. The molecule has 10 heavy (non-hydrogen) atoms. The molecular weight excluding hydrogens is 140 g/mol. The molecule has 1 aliphatic rings. The maximum Gasteiger partial charge on any atom is 0.518 e. The Morgan fingerprint density at radius 3 is 2.50 bits per heavy atom. The predicted octanol–water partition coefficient (Wildman–Crippen LogP) is -0.430. The van der Waals surface area contributed by atoms with Crippen LogP contribution >= 0.6 is 0 Å². The van der Waals surface area contributed by atoms with E-state index in [1.54, 1.807) is 6.92 Å². The van der Waals surface area contributed by atoms with Crippen LogP contribution in [-0.4, -0.2) is 28.4 Å². The van der Waals surface area contributed by atoms with Gasteiger partial charge in [-0.2, -0.15) is 0 Å². The minimum atomic E-state index is -2.09. The number of hydrogen-bond acceptors (Lipinski definition) is 5. The van der Waals surface area contributed by atoms with Crippen LogP contribution in [-0.2, 0) is 9.47 Å². The molecule has 0 saturated carbocycles. The highest BCUT2D eigenvalue weighted by Gasteiger charge is 2.53. The van der Waals surface area contributed by atoms with Crippen LogP contribution in [0, 0.1) is 0 Å². The topological polar surface area (TPSA) is 76.0 Å². The van der Waals surface area contributed by atoms with Crippen LogP contribution in [0.15, 0.2) is 0 Å². The lowest BCUT2D eigenvalue weighted by Gasteiger charge is -2.36. The maximum absolute atomic E-state index is 10.0. The number of carbonyl (C=O) groups is 1. The van der Waals surface area contributed by atoms with Gasteiger partial charge in [0.25, 0.3) is 0 Å². The summed E-state index contributed by atoms with van der Waals surface area (Å²) in [5.41, 5.74) is 0. The van der Waals surface area contributed by atoms with Crippen molar-refractivity contribution in [2.24, 2.45) is 0 Å². The summed E-state index contributed by atoms with van der Waals surface area (Å²) in [6.45, 7) is 1.62. The van der Waals surface area contributed by atoms with Crippen LogP contribution in [0.4, 0.5) is 4.79 Å². The molecule has 1 heterocycles. The zero-order valence-electron chi connectivity index (χ0n) is 5.40. The molecule has 0 aliphatic carbocycles. The second-order valence-electron chi connectivity index (χ2n) is 2.01. The summed E-state index contributed by atoms with van der Waals surface area (Å²) >= 11 is 0. The van der Waals surface area contributed by atoms with Gasteiger partial charge in [0, 0.05) is 0 Å². The molecule has 58 valence electrons. The van der Waals surface area contributed by atoms with Crippen molar-refractivity contribution in [2.45, 2.75) is 25.4 Å². The minimum absolute atomic E-state index is 0.254. The van der Waals surface area contributed by atoms with Crippen molar-refractivity contribution >= 4 is 6.16 Å². The van der Waals surface area contributed by atoms with Gasteiger partial charge >= 0.3 is 12.1 Å². The molecule has 0 amide bonds. The lowest BCUT2D eigenvalue weighted by atomic mass is 10.2. The third-order valence-electron chi connectivity index (χ3n) is 1.27. The number of aliphatic hydroxyl groups is 2. The molecule has 1 saturated heterocycles. The van der Waals surface area contributed by atoms with Gasteiger partial charge in [-0.05, 0) is 6.42 Å². The molecule has 1 rings (SSSR count). The van der Waals surface area contributed by atoms with Crippen molar-refractivity contribution in [3.05, 3.63) is 0 Å². The Kier molecular flexibility index (Phi) is 1.53. The van der Waals surface area contributed by atoms with Crippen molar-refractivity contribution in [3.8, 4) is 0 Å². The van der Waals surface area contributed by atoms with E-state index in [4.69, 9.17) is 10.2 Å². The first-order chi connectivity index (χ1) is 4.58. The summed E-state index contributed by atoms with van der Waals surface area (Å²) < 4.78 is 8.25. The molecule has 2 N–H and O–H groups in total. The van der Waals surface area contributed by atoms with Crippen molar-refractivity contribution in [1.82, 2.24) is 0 Å². The molecule has 0 aromatic carbocycles.